The molecule has 24 heavy (non-hydrogen) atoms. The molecule has 0 atom stereocenters. The summed E-state index contributed by atoms with van der Waals surface area (Å²) in [5.74, 6) is -0.0932. The number of piperidine rings is 1. The number of hydrogen-bond donors (Lipinski definition) is 1. The predicted molar refractivity (Wildman–Crippen MR) is 90.0 cm³/mol. The Morgan fingerprint density at radius 2 is 1.75 bits per heavy atom. The normalized spacial score (nSPS) is 20.4. The monoisotopic (exact) mass is 327 g/mol. The molecule has 0 radical (unpaired) electrons. The Kier molecular flexibility index (Phi) is 3.84. The highest BCUT2D eigenvalue weighted by molar-refractivity contribution is 6.04. The standard InChI is InChI=1S/C18H21N3O3/c22-16-14-4-2-1-3-13(14)15(19-20-16)17(23)21-9-5-18(6-10-21)7-11-24-12-8-18/h1-4H,5-12H2,(H,20,22). The first-order valence-corrected chi connectivity index (χ1v) is 8.53. The van der Waals surface area contributed by atoms with Gasteiger partial charge in [0.05, 0.1) is 5.39 Å². The first kappa shape index (κ1) is 15.3. The first-order chi connectivity index (χ1) is 11.7. The van der Waals surface area contributed by atoms with E-state index in [0.29, 0.717) is 21.9 Å². The summed E-state index contributed by atoms with van der Waals surface area (Å²) >= 11 is 0. The summed E-state index contributed by atoms with van der Waals surface area (Å²) in [6.07, 6.45) is 4.22. The van der Waals surface area contributed by atoms with Gasteiger partial charge in [-0.05, 0) is 37.2 Å². The van der Waals surface area contributed by atoms with Crippen LogP contribution in [0.2, 0.25) is 0 Å². The van der Waals surface area contributed by atoms with Crippen LogP contribution < -0.4 is 5.56 Å². The molecule has 0 unspecified atom stereocenters. The zero-order chi connectivity index (χ0) is 16.6. The van der Waals surface area contributed by atoms with E-state index in [-0.39, 0.29) is 11.5 Å². The summed E-state index contributed by atoms with van der Waals surface area (Å²) in [5.41, 5.74) is 0.422. The van der Waals surface area contributed by atoms with Crippen molar-refractivity contribution >= 4 is 16.7 Å². The number of nitrogens with zero attached hydrogens (tertiary/aromatic N) is 2. The molecule has 1 aromatic heterocycles. The number of H-pyrrole nitrogens is 1. The van der Waals surface area contributed by atoms with E-state index in [0.717, 1.165) is 52.0 Å². The van der Waals surface area contributed by atoms with Crippen LogP contribution in [0.1, 0.15) is 36.2 Å². The number of fused-ring (bicyclic) bond motifs is 1. The molecule has 4 rings (SSSR count). The number of benzene rings is 1. The van der Waals surface area contributed by atoms with Crippen molar-refractivity contribution in [3.63, 3.8) is 0 Å². The number of hydrogen-bond acceptors (Lipinski definition) is 4. The summed E-state index contributed by atoms with van der Waals surface area (Å²) in [7, 11) is 0. The lowest BCUT2D eigenvalue weighted by molar-refractivity contribution is -0.0176. The van der Waals surface area contributed by atoms with Crippen molar-refractivity contribution in [1.82, 2.24) is 15.1 Å². The van der Waals surface area contributed by atoms with Crippen molar-refractivity contribution in [1.29, 1.82) is 0 Å². The van der Waals surface area contributed by atoms with E-state index in [1.54, 1.807) is 18.2 Å². The molecular weight excluding hydrogens is 306 g/mol. The van der Waals surface area contributed by atoms with Crippen LogP contribution in [0.3, 0.4) is 0 Å². The molecule has 3 heterocycles. The zero-order valence-electron chi connectivity index (χ0n) is 13.6. The number of rotatable bonds is 1. The second kappa shape index (κ2) is 6.02. The van der Waals surface area contributed by atoms with Gasteiger partial charge in [0.15, 0.2) is 5.69 Å². The van der Waals surface area contributed by atoms with E-state index in [4.69, 9.17) is 4.74 Å². The number of carbonyl (C=O) groups is 1. The Morgan fingerprint density at radius 1 is 1.08 bits per heavy atom. The summed E-state index contributed by atoms with van der Waals surface area (Å²) < 4.78 is 5.48. The molecule has 2 aromatic rings. The van der Waals surface area contributed by atoms with Crippen molar-refractivity contribution in [2.45, 2.75) is 25.7 Å². The quantitative estimate of drug-likeness (QED) is 0.869. The average Bonchev–Trinajstić information content (AvgIpc) is 2.63. The van der Waals surface area contributed by atoms with E-state index in [9.17, 15) is 9.59 Å². The second-order valence-corrected chi connectivity index (χ2v) is 6.85. The lowest BCUT2D eigenvalue weighted by atomic mass is 9.72. The van der Waals surface area contributed by atoms with Gasteiger partial charge in [-0.15, -0.1) is 0 Å². The van der Waals surface area contributed by atoms with Crippen LogP contribution in [0.25, 0.3) is 10.8 Å². The third-order valence-electron chi connectivity index (χ3n) is 5.56. The number of aromatic nitrogens is 2. The van der Waals surface area contributed by atoms with Gasteiger partial charge in [0.1, 0.15) is 0 Å². The second-order valence-electron chi connectivity index (χ2n) is 6.85. The molecule has 0 saturated carbocycles. The van der Waals surface area contributed by atoms with E-state index in [1.165, 1.54) is 0 Å². The Hall–Kier alpha value is -2.21. The number of carbonyl (C=O) groups excluding carboxylic acids is 1. The molecule has 0 aliphatic carbocycles. The van der Waals surface area contributed by atoms with Gasteiger partial charge in [0, 0.05) is 31.7 Å². The predicted octanol–water partition coefficient (Wildman–Crippen LogP) is 1.96. The minimum atomic E-state index is -0.262. The van der Waals surface area contributed by atoms with Gasteiger partial charge in [-0.25, -0.2) is 5.10 Å². The molecule has 6 heteroatoms. The summed E-state index contributed by atoms with van der Waals surface area (Å²) in [6.45, 7) is 3.15. The number of aromatic amines is 1. The number of likely N-dealkylation sites (tertiary alicyclic amines) is 1. The maximum absolute atomic E-state index is 12.9. The molecule has 2 saturated heterocycles. The molecule has 1 spiro atoms. The highest BCUT2D eigenvalue weighted by atomic mass is 16.5. The molecule has 2 aliphatic heterocycles. The van der Waals surface area contributed by atoms with Crippen LogP contribution in [0.5, 0.6) is 0 Å². The topological polar surface area (TPSA) is 75.3 Å². The number of amides is 1. The summed E-state index contributed by atoms with van der Waals surface area (Å²) in [6, 6.07) is 7.13. The van der Waals surface area contributed by atoms with Crippen LogP contribution in [-0.2, 0) is 4.74 Å². The van der Waals surface area contributed by atoms with Crippen LogP contribution in [0.4, 0.5) is 0 Å². The third-order valence-corrected chi connectivity index (χ3v) is 5.56. The molecule has 1 N–H and O–H groups in total. The largest absolute Gasteiger partial charge is 0.381 e. The first-order valence-electron chi connectivity index (χ1n) is 8.53. The Balaban J connectivity index is 1.57. The fourth-order valence-electron chi connectivity index (χ4n) is 3.92. The smallest absolute Gasteiger partial charge is 0.274 e. The number of ether oxygens (including phenoxy) is 1. The van der Waals surface area contributed by atoms with Gasteiger partial charge >= 0.3 is 0 Å². The van der Waals surface area contributed by atoms with Crippen molar-refractivity contribution in [2.24, 2.45) is 5.41 Å². The highest BCUT2D eigenvalue weighted by Crippen LogP contribution is 2.40. The average molecular weight is 327 g/mol. The highest BCUT2D eigenvalue weighted by Gasteiger charge is 2.37. The van der Waals surface area contributed by atoms with E-state index in [1.807, 2.05) is 11.0 Å². The van der Waals surface area contributed by atoms with Crippen molar-refractivity contribution < 1.29 is 9.53 Å². The number of nitrogens with one attached hydrogen (secondary N) is 1. The molecule has 0 bridgehead atoms. The van der Waals surface area contributed by atoms with Crippen LogP contribution in [0.15, 0.2) is 29.1 Å². The fraction of sp³-hybridized carbons (Fsp3) is 0.500. The third kappa shape index (κ3) is 2.60. The van der Waals surface area contributed by atoms with E-state index < -0.39 is 0 Å². The van der Waals surface area contributed by atoms with E-state index in [2.05, 4.69) is 10.2 Å². The maximum Gasteiger partial charge on any atom is 0.274 e. The maximum atomic E-state index is 12.9. The molecule has 6 nitrogen and oxygen atoms in total. The fourth-order valence-corrected chi connectivity index (χ4v) is 3.92. The zero-order valence-corrected chi connectivity index (χ0v) is 13.6. The van der Waals surface area contributed by atoms with Gasteiger partial charge in [0.25, 0.3) is 11.5 Å². The molecular formula is C18H21N3O3. The van der Waals surface area contributed by atoms with Gasteiger partial charge in [-0.3, -0.25) is 9.59 Å². The summed E-state index contributed by atoms with van der Waals surface area (Å²) in [4.78, 5) is 26.7. The van der Waals surface area contributed by atoms with Crippen molar-refractivity contribution in [2.75, 3.05) is 26.3 Å². The van der Waals surface area contributed by atoms with Gasteiger partial charge in [-0.1, -0.05) is 18.2 Å². The lowest BCUT2D eigenvalue weighted by Gasteiger charge is -2.44. The molecule has 2 fully saturated rings. The minimum absolute atomic E-state index is 0.0932. The molecule has 126 valence electrons. The van der Waals surface area contributed by atoms with Crippen molar-refractivity contribution in [3.8, 4) is 0 Å². The van der Waals surface area contributed by atoms with Crippen molar-refractivity contribution in [3.05, 3.63) is 40.3 Å². The van der Waals surface area contributed by atoms with Crippen LogP contribution in [-0.4, -0.2) is 47.3 Å². The van der Waals surface area contributed by atoms with Gasteiger partial charge < -0.3 is 9.64 Å². The van der Waals surface area contributed by atoms with Crippen LogP contribution >= 0.6 is 0 Å². The Bertz CT molecular complexity index is 814. The molecule has 2 aliphatic rings. The van der Waals surface area contributed by atoms with Gasteiger partial charge in [-0.2, -0.15) is 5.10 Å². The van der Waals surface area contributed by atoms with Crippen LogP contribution in [0, 0.1) is 5.41 Å². The lowest BCUT2D eigenvalue weighted by Crippen LogP contribution is -2.45. The Labute approximate surface area is 139 Å². The molecule has 1 aromatic carbocycles. The molecule has 1 amide bonds. The SMILES string of the molecule is O=C(c1n[nH]c(=O)c2ccccc12)N1CCC2(CCOCC2)CC1. The van der Waals surface area contributed by atoms with Gasteiger partial charge in [0.2, 0.25) is 0 Å². The minimum Gasteiger partial charge on any atom is -0.381 e. The van der Waals surface area contributed by atoms with E-state index >= 15 is 0 Å². The summed E-state index contributed by atoms with van der Waals surface area (Å²) in [5, 5.41) is 7.62. The Morgan fingerprint density at radius 3 is 2.46 bits per heavy atom.